The number of aromatic nitrogens is 2. The van der Waals surface area contributed by atoms with E-state index in [-0.39, 0.29) is 11.8 Å². The van der Waals surface area contributed by atoms with Crippen LogP contribution in [0.4, 0.5) is 5.95 Å². The summed E-state index contributed by atoms with van der Waals surface area (Å²) in [7, 11) is 0. The van der Waals surface area contributed by atoms with Crippen LogP contribution in [0.1, 0.15) is 51.4 Å². The molecule has 1 unspecified atom stereocenters. The molecule has 1 saturated heterocycles. The summed E-state index contributed by atoms with van der Waals surface area (Å²) >= 11 is 6.07. The van der Waals surface area contributed by atoms with Crippen LogP contribution < -0.4 is 10.2 Å². The van der Waals surface area contributed by atoms with Crippen molar-refractivity contribution in [1.82, 2.24) is 15.3 Å². The number of halogens is 1. The van der Waals surface area contributed by atoms with Crippen LogP contribution in [0.5, 0.6) is 0 Å². The van der Waals surface area contributed by atoms with Gasteiger partial charge in [-0.15, -0.1) is 0 Å². The van der Waals surface area contributed by atoms with Crippen LogP contribution in [0.25, 0.3) is 11.0 Å². The zero-order valence-electron chi connectivity index (χ0n) is 15.1. The molecule has 2 heterocycles. The molecule has 0 radical (unpaired) electrons. The highest BCUT2D eigenvalue weighted by Gasteiger charge is 2.28. The Morgan fingerprint density at radius 2 is 1.96 bits per heavy atom. The smallest absolute Gasteiger partial charge is 0.225 e. The molecule has 1 saturated carbocycles. The third-order valence-corrected chi connectivity index (χ3v) is 5.96. The monoisotopic (exact) mass is 374 g/mol. The van der Waals surface area contributed by atoms with Gasteiger partial charge in [-0.2, -0.15) is 0 Å². The number of amides is 1. The van der Waals surface area contributed by atoms with Crippen LogP contribution in [-0.4, -0.2) is 35.0 Å². The number of H-pyrrole nitrogens is 1. The molecule has 2 aromatic rings. The first-order valence-electron chi connectivity index (χ1n) is 9.89. The van der Waals surface area contributed by atoms with E-state index in [1.807, 2.05) is 18.2 Å². The Morgan fingerprint density at radius 3 is 2.77 bits per heavy atom. The van der Waals surface area contributed by atoms with Gasteiger partial charge in [-0.25, -0.2) is 4.98 Å². The Hall–Kier alpha value is -1.75. The van der Waals surface area contributed by atoms with Crippen LogP contribution in [0, 0.1) is 5.92 Å². The fraction of sp³-hybridized carbons (Fsp3) is 0.600. The Kier molecular flexibility index (Phi) is 5.34. The zero-order valence-corrected chi connectivity index (χ0v) is 15.9. The Morgan fingerprint density at radius 1 is 1.15 bits per heavy atom. The van der Waals surface area contributed by atoms with E-state index < -0.39 is 0 Å². The molecule has 4 rings (SSSR count). The lowest BCUT2D eigenvalue weighted by Crippen LogP contribution is -2.46. The molecule has 1 atom stereocenters. The molecule has 1 aromatic heterocycles. The van der Waals surface area contributed by atoms with Gasteiger partial charge in [0.25, 0.3) is 0 Å². The summed E-state index contributed by atoms with van der Waals surface area (Å²) in [6, 6.07) is 6.05. The van der Waals surface area contributed by atoms with Crippen molar-refractivity contribution in [3.8, 4) is 0 Å². The molecule has 0 spiro atoms. The number of imidazole rings is 1. The number of carbonyl (C=O) groups excluding carboxylic acids is 1. The highest BCUT2D eigenvalue weighted by Crippen LogP contribution is 2.26. The molecule has 1 aromatic carbocycles. The summed E-state index contributed by atoms with van der Waals surface area (Å²) in [5.41, 5.74) is 1.85. The number of nitrogens with zero attached hydrogens (tertiary/aromatic N) is 2. The standard InChI is InChI=1S/C20H27ClN4O/c21-15-9-10-17-18(12-15)24-20(23-17)25-11-5-6-14(13-25)19(26)22-16-7-3-1-2-4-8-16/h9-10,12,14,16H,1-8,11,13H2,(H,22,26)(H,23,24). The van der Waals surface area contributed by atoms with Gasteiger partial charge in [0.05, 0.1) is 17.0 Å². The molecule has 1 amide bonds. The van der Waals surface area contributed by atoms with Crippen LogP contribution >= 0.6 is 11.6 Å². The van der Waals surface area contributed by atoms with E-state index in [1.165, 1.54) is 25.7 Å². The van der Waals surface area contributed by atoms with Crippen LogP contribution in [0.15, 0.2) is 18.2 Å². The van der Waals surface area contributed by atoms with Crippen LogP contribution in [0.2, 0.25) is 5.02 Å². The van der Waals surface area contributed by atoms with Crippen molar-refractivity contribution in [3.63, 3.8) is 0 Å². The molecular weight excluding hydrogens is 348 g/mol. The minimum absolute atomic E-state index is 0.0452. The number of aromatic amines is 1. The molecule has 2 N–H and O–H groups in total. The second-order valence-corrected chi connectivity index (χ2v) is 8.14. The summed E-state index contributed by atoms with van der Waals surface area (Å²) in [4.78, 5) is 23.0. The van der Waals surface area contributed by atoms with E-state index in [9.17, 15) is 4.79 Å². The Bertz CT molecular complexity index is 766. The Labute approximate surface area is 159 Å². The SMILES string of the molecule is O=C(NC1CCCCCC1)C1CCCN(c2nc3ccc(Cl)cc3[nH]2)C1. The van der Waals surface area contributed by atoms with Gasteiger partial charge in [0, 0.05) is 24.2 Å². The summed E-state index contributed by atoms with van der Waals surface area (Å²) in [5.74, 6) is 1.11. The van der Waals surface area contributed by atoms with E-state index in [2.05, 4.69) is 20.2 Å². The topological polar surface area (TPSA) is 61.0 Å². The van der Waals surface area contributed by atoms with Crippen LogP contribution in [0.3, 0.4) is 0 Å². The first-order chi connectivity index (χ1) is 12.7. The van der Waals surface area contributed by atoms with E-state index in [0.717, 1.165) is 55.8 Å². The second-order valence-electron chi connectivity index (χ2n) is 7.70. The lowest BCUT2D eigenvalue weighted by atomic mass is 9.96. The summed E-state index contributed by atoms with van der Waals surface area (Å²) in [5, 5.41) is 4.02. The molecule has 0 bridgehead atoms. The summed E-state index contributed by atoms with van der Waals surface area (Å²) < 4.78 is 0. The fourth-order valence-electron chi connectivity index (χ4n) is 4.24. The largest absolute Gasteiger partial charge is 0.353 e. The number of carbonyl (C=O) groups is 1. The van der Waals surface area contributed by atoms with Gasteiger partial charge in [0.15, 0.2) is 0 Å². The third kappa shape index (κ3) is 3.98. The zero-order chi connectivity index (χ0) is 17.9. The van der Waals surface area contributed by atoms with Gasteiger partial charge < -0.3 is 15.2 Å². The molecule has 1 aliphatic carbocycles. The number of piperidine rings is 1. The number of anilines is 1. The first-order valence-corrected chi connectivity index (χ1v) is 10.3. The van der Waals surface area contributed by atoms with Crippen molar-refractivity contribution >= 4 is 34.5 Å². The predicted molar refractivity (Wildman–Crippen MR) is 106 cm³/mol. The van der Waals surface area contributed by atoms with Crippen molar-refractivity contribution in [1.29, 1.82) is 0 Å². The predicted octanol–water partition coefficient (Wildman–Crippen LogP) is 4.27. The number of nitrogens with one attached hydrogen (secondary N) is 2. The lowest BCUT2D eigenvalue weighted by Gasteiger charge is -2.32. The second kappa shape index (κ2) is 7.87. The Balaban J connectivity index is 1.41. The van der Waals surface area contributed by atoms with Crippen molar-refractivity contribution in [2.75, 3.05) is 18.0 Å². The number of benzene rings is 1. The molecular formula is C20H27ClN4O. The van der Waals surface area contributed by atoms with E-state index >= 15 is 0 Å². The van der Waals surface area contributed by atoms with Gasteiger partial charge in [-0.3, -0.25) is 4.79 Å². The summed E-state index contributed by atoms with van der Waals surface area (Å²) in [6.45, 7) is 1.66. The third-order valence-electron chi connectivity index (χ3n) is 5.72. The van der Waals surface area contributed by atoms with E-state index in [4.69, 9.17) is 11.6 Å². The maximum Gasteiger partial charge on any atom is 0.225 e. The van der Waals surface area contributed by atoms with Gasteiger partial charge in [-0.1, -0.05) is 37.3 Å². The number of fused-ring (bicyclic) bond motifs is 1. The van der Waals surface area contributed by atoms with Gasteiger partial charge in [-0.05, 0) is 43.9 Å². The number of hydrogen-bond donors (Lipinski definition) is 2. The highest BCUT2D eigenvalue weighted by molar-refractivity contribution is 6.31. The molecule has 2 aliphatic rings. The number of hydrogen-bond acceptors (Lipinski definition) is 3. The van der Waals surface area contributed by atoms with Gasteiger partial charge in [0.1, 0.15) is 0 Å². The normalized spacial score (nSPS) is 22.3. The van der Waals surface area contributed by atoms with Crippen molar-refractivity contribution in [3.05, 3.63) is 23.2 Å². The summed E-state index contributed by atoms with van der Waals surface area (Å²) in [6.07, 6.45) is 9.33. The minimum Gasteiger partial charge on any atom is -0.353 e. The molecule has 1 aliphatic heterocycles. The molecule has 26 heavy (non-hydrogen) atoms. The van der Waals surface area contributed by atoms with Crippen molar-refractivity contribution < 1.29 is 4.79 Å². The van der Waals surface area contributed by atoms with Gasteiger partial charge >= 0.3 is 0 Å². The molecule has 5 nitrogen and oxygen atoms in total. The minimum atomic E-state index is 0.0452. The molecule has 6 heteroatoms. The number of rotatable bonds is 3. The van der Waals surface area contributed by atoms with Crippen molar-refractivity contribution in [2.24, 2.45) is 5.92 Å². The molecule has 2 fully saturated rings. The highest BCUT2D eigenvalue weighted by atomic mass is 35.5. The van der Waals surface area contributed by atoms with Crippen LogP contribution in [-0.2, 0) is 4.79 Å². The average molecular weight is 375 g/mol. The average Bonchev–Trinajstić information content (AvgIpc) is 2.90. The maximum atomic E-state index is 12.8. The van der Waals surface area contributed by atoms with Crippen molar-refractivity contribution in [2.45, 2.75) is 57.4 Å². The quantitative estimate of drug-likeness (QED) is 0.788. The van der Waals surface area contributed by atoms with E-state index in [1.54, 1.807) is 0 Å². The van der Waals surface area contributed by atoms with E-state index in [0.29, 0.717) is 11.1 Å². The molecule has 140 valence electrons. The fourth-order valence-corrected chi connectivity index (χ4v) is 4.42. The van der Waals surface area contributed by atoms with Gasteiger partial charge in [0.2, 0.25) is 11.9 Å². The maximum absolute atomic E-state index is 12.8. The first kappa shape index (κ1) is 17.7. The lowest BCUT2D eigenvalue weighted by molar-refractivity contribution is -0.126.